The maximum absolute atomic E-state index is 12.7. The number of carbonyl (C=O) groups excluding carboxylic acids is 1. The lowest BCUT2D eigenvalue weighted by Gasteiger charge is -2.13. The number of amides is 1. The molecule has 2 N–H and O–H groups in total. The smallest absolute Gasteiger partial charge is 0.275 e. The maximum atomic E-state index is 12.7. The van der Waals surface area contributed by atoms with E-state index in [2.05, 4.69) is 10.0 Å². The zero-order chi connectivity index (χ0) is 20.1. The number of carbonyl (C=O) groups is 1. The van der Waals surface area contributed by atoms with E-state index in [1.54, 1.807) is 31.2 Å². The van der Waals surface area contributed by atoms with Crippen LogP contribution in [0.5, 0.6) is 0 Å². The van der Waals surface area contributed by atoms with Crippen molar-refractivity contribution < 1.29 is 13.2 Å². The Kier molecular flexibility index (Phi) is 5.96. The summed E-state index contributed by atoms with van der Waals surface area (Å²) >= 11 is 1.52. The summed E-state index contributed by atoms with van der Waals surface area (Å²) in [6.45, 7) is 1.87. The van der Waals surface area contributed by atoms with Gasteiger partial charge in [-0.15, -0.1) is 11.3 Å². The Balaban J connectivity index is 1.78. The summed E-state index contributed by atoms with van der Waals surface area (Å²) in [5.41, 5.74) is -0.134. The normalized spacial score (nSPS) is 11.2. The predicted molar refractivity (Wildman–Crippen MR) is 109 cm³/mol. The fraction of sp³-hybridized carbons (Fsp3) is 0.158. The Morgan fingerprint density at radius 3 is 2.50 bits per heavy atom. The zero-order valence-corrected chi connectivity index (χ0v) is 16.7. The van der Waals surface area contributed by atoms with E-state index in [4.69, 9.17) is 0 Å². The van der Waals surface area contributed by atoms with Gasteiger partial charge in [-0.3, -0.25) is 14.3 Å². The first-order valence-corrected chi connectivity index (χ1v) is 10.8. The lowest BCUT2D eigenvalue weighted by atomic mass is 10.3. The summed E-state index contributed by atoms with van der Waals surface area (Å²) in [7, 11) is -3.90. The van der Waals surface area contributed by atoms with Crippen molar-refractivity contribution in [1.29, 1.82) is 0 Å². The van der Waals surface area contributed by atoms with Crippen LogP contribution in [0, 0.1) is 6.92 Å². The van der Waals surface area contributed by atoms with Gasteiger partial charge in [0.05, 0.1) is 11.4 Å². The summed E-state index contributed by atoms with van der Waals surface area (Å²) in [5.74, 6) is -0.332. The van der Waals surface area contributed by atoms with Gasteiger partial charge in [0, 0.05) is 10.6 Å². The molecule has 1 aromatic carbocycles. The molecule has 0 radical (unpaired) electrons. The largest absolute Gasteiger partial charge is 0.350 e. The predicted octanol–water partition coefficient (Wildman–Crippen LogP) is 2.34. The molecule has 9 heteroatoms. The second kappa shape index (κ2) is 8.41. The van der Waals surface area contributed by atoms with Crippen molar-refractivity contribution in [2.45, 2.75) is 24.9 Å². The Labute approximate surface area is 166 Å². The van der Waals surface area contributed by atoms with E-state index in [0.29, 0.717) is 12.2 Å². The fourth-order valence-electron chi connectivity index (χ4n) is 2.55. The van der Waals surface area contributed by atoms with Crippen molar-refractivity contribution in [2.24, 2.45) is 0 Å². The van der Waals surface area contributed by atoms with E-state index in [-0.39, 0.29) is 23.0 Å². The van der Waals surface area contributed by atoms with Crippen LogP contribution in [0.4, 0.5) is 5.69 Å². The molecule has 3 rings (SSSR count). The van der Waals surface area contributed by atoms with Crippen molar-refractivity contribution in [3.63, 3.8) is 0 Å². The summed E-state index contributed by atoms with van der Waals surface area (Å²) in [5, 5.41) is 4.67. The Bertz CT molecular complexity index is 1120. The first-order valence-electron chi connectivity index (χ1n) is 8.44. The third-order valence-corrected chi connectivity index (χ3v) is 6.29. The molecule has 0 aliphatic rings. The van der Waals surface area contributed by atoms with Gasteiger partial charge >= 0.3 is 0 Å². The molecule has 0 atom stereocenters. The minimum absolute atomic E-state index is 0.0511. The van der Waals surface area contributed by atoms with E-state index in [1.165, 1.54) is 34.1 Å². The van der Waals surface area contributed by atoms with Gasteiger partial charge in [-0.25, -0.2) is 8.42 Å². The average Bonchev–Trinajstić information content (AvgIpc) is 3.20. The number of benzene rings is 1. The van der Waals surface area contributed by atoms with Crippen LogP contribution in [0.1, 0.15) is 10.6 Å². The Morgan fingerprint density at radius 2 is 1.82 bits per heavy atom. The highest BCUT2D eigenvalue weighted by molar-refractivity contribution is 7.92. The molecular formula is C19H19N3O4S2. The minimum Gasteiger partial charge on any atom is -0.350 e. The highest BCUT2D eigenvalue weighted by atomic mass is 32.2. The molecule has 0 aliphatic carbocycles. The van der Waals surface area contributed by atoms with Gasteiger partial charge in [-0.1, -0.05) is 24.3 Å². The molecule has 0 saturated heterocycles. The molecule has 28 heavy (non-hydrogen) atoms. The second-order valence-corrected chi connectivity index (χ2v) is 8.77. The molecule has 0 bridgehead atoms. The quantitative estimate of drug-likeness (QED) is 0.617. The van der Waals surface area contributed by atoms with Crippen molar-refractivity contribution in [1.82, 2.24) is 9.88 Å². The fourth-order valence-corrected chi connectivity index (χ4v) is 4.27. The molecule has 0 spiro atoms. The van der Waals surface area contributed by atoms with E-state index < -0.39 is 15.6 Å². The van der Waals surface area contributed by atoms with Crippen molar-refractivity contribution in [3.8, 4) is 0 Å². The van der Waals surface area contributed by atoms with Gasteiger partial charge in [0.1, 0.15) is 12.2 Å². The third kappa shape index (κ3) is 4.68. The number of thiophene rings is 1. The van der Waals surface area contributed by atoms with Gasteiger partial charge in [-0.05, 0) is 42.6 Å². The van der Waals surface area contributed by atoms with Crippen LogP contribution >= 0.6 is 11.3 Å². The topological polar surface area (TPSA) is 97.3 Å². The van der Waals surface area contributed by atoms with Crippen molar-refractivity contribution >= 4 is 33.0 Å². The zero-order valence-electron chi connectivity index (χ0n) is 15.1. The van der Waals surface area contributed by atoms with Crippen LogP contribution < -0.4 is 15.6 Å². The van der Waals surface area contributed by atoms with Gasteiger partial charge < -0.3 is 9.88 Å². The van der Waals surface area contributed by atoms with E-state index in [1.807, 2.05) is 17.5 Å². The van der Waals surface area contributed by atoms with E-state index in [0.717, 1.165) is 4.88 Å². The van der Waals surface area contributed by atoms with Crippen LogP contribution in [0.25, 0.3) is 0 Å². The summed E-state index contributed by atoms with van der Waals surface area (Å²) in [6, 6.07) is 14.6. The van der Waals surface area contributed by atoms with Gasteiger partial charge in [-0.2, -0.15) is 0 Å². The molecular weight excluding hydrogens is 398 g/mol. The Hall–Kier alpha value is -2.91. The number of hydrogen-bond acceptors (Lipinski definition) is 5. The van der Waals surface area contributed by atoms with Gasteiger partial charge in [0.25, 0.3) is 15.6 Å². The maximum Gasteiger partial charge on any atom is 0.275 e. The number of anilines is 1. The summed E-state index contributed by atoms with van der Waals surface area (Å²) in [6.07, 6.45) is 0. The van der Waals surface area contributed by atoms with Crippen LogP contribution in [0.15, 0.2) is 69.7 Å². The number of pyridine rings is 1. The molecule has 7 nitrogen and oxygen atoms in total. The molecule has 0 aliphatic heterocycles. The molecule has 0 unspecified atom stereocenters. The first kappa shape index (κ1) is 19.8. The molecule has 0 saturated carbocycles. The third-order valence-electron chi connectivity index (χ3n) is 4.03. The summed E-state index contributed by atoms with van der Waals surface area (Å²) < 4.78 is 28.5. The lowest BCUT2D eigenvalue weighted by molar-refractivity contribution is -0.121. The Morgan fingerprint density at radius 1 is 1.07 bits per heavy atom. The highest BCUT2D eigenvalue weighted by Gasteiger charge is 2.17. The molecule has 3 aromatic rings. The number of rotatable bonds is 7. The molecule has 146 valence electrons. The molecule has 2 heterocycles. The van der Waals surface area contributed by atoms with Crippen LogP contribution in [-0.4, -0.2) is 18.9 Å². The summed E-state index contributed by atoms with van der Waals surface area (Å²) in [4.78, 5) is 26.0. The van der Waals surface area contributed by atoms with E-state index in [9.17, 15) is 18.0 Å². The number of sulfonamides is 1. The van der Waals surface area contributed by atoms with Crippen molar-refractivity contribution in [2.75, 3.05) is 4.72 Å². The van der Waals surface area contributed by atoms with Crippen LogP contribution in [0.3, 0.4) is 0 Å². The first-order chi connectivity index (χ1) is 13.4. The SMILES string of the molecule is Cc1ccc(NS(=O)(=O)c2ccccc2)c(=O)n1CC(=O)NCc1cccs1. The number of nitrogens with one attached hydrogen (secondary N) is 2. The lowest BCUT2D eigenvalue weighted by Crippen LogP contribution is -2.34. The molecule has 2 aromatic heterocycles. The van der Waals surface area contributed by atoms with Gasteiger partial charge in [0.15, 0.2) is 0 Å². The standard InChI is InChI=1S/C19H19N3O4S2/c1-14-9-10-17(21-28(25,26)16-7-3-2-4-8-16)19(24)22(14)13-18(23)20-12-15-6-5-11-27-15/h2-11,21H,12-13H2,1H3,(H,20,23). The molecule has 0 fully saturated rings. The highest BCUT2D eigenvalue weighted by Crippen LogP contribution is 2.13. The van der Waals surface area contributed by atoms with Gasteiger partial charge in [0.2, 0.25) is 5.91 Å². The van der Waals surface area contributed by atoms with Crippen molar-refractivity contribution in [3.05, 3.63) is 80.9 Å². The second-order valence-electron chi connectivity index (χ2n) is 6.05. The molecule has 1 amide bonds. The van der Waals surface area contributed by atoms with Crippen LogP contribution in [-0.2, 0) is 27.9 Å². The monoisotopic (exact) mass is 417 g/mol. The number of nitrogens with zero attached hydrogens (tertiary/aromatic N) is 1. The number of aromatic nitrogens is 1. The minimum atomic E-state index is -3.90. The van der Waals surface area contributed by atoms with E-state index >= 15 is 0 Å². The number of hydrogen-bond donors (Lipinski definition) is 2. The number of aryl methyl sites for hydroxylation is 1. The van der Waals surface area contributed by atoms with Crippen LogP contribution in [0.2, 0.25) is 0 Å². The average molecular weight is 418 g/mol.